The maximum atomic E-state index is 12.5. The highest BCUT2D eigenvalue weighted by atomic mass is 16.4. The van der Waals surface area contributed by atoms with Gasteiger partial charge in [0.2, 0.25) is 0 Å². The summed E-state index contributed by atoms with van der Waals surface area (Å²) in [6.07, 6.45) is 2.76. The normalized spacial score (nSPS) is 18.5. The van der Waals surface area contributed by atoms with E-state index in [0.29, 0.717) is 19.5 Å². The van der Waals surface area contributed by atoms with Gasteiger partial charge < -0.3 is 10.0 Å². The molecule has 1 atom stereocenters. The lowest BCUT2D eigenvalue weighted by atomic mass is 10.0. The van der Waals surface area contributed by atoms with E-state index >= 15 is 0 Å². The fraction of sp³-hybridized carbons (Fsp3) is 0.571. The van der Waals surface area contributed by atoms with Crippen molar-refractivity contribution in [3.63, 3.8) is 0 Å². The molecule has 1 aliphatic rings. The van der Waals surface area contributed by atoms with Crippen LogP contribution in [0.25, 0.3) is 0 Å². The Morgan fingerprint density at radius 3 is 2.81 bits per heavy atom. The van der Waals surface area contributed by atoms with Gasteiger partial charge in [0, 0.05) is 19.2 Å². The van der Waals surface area contributed by atoms with Crippen LogP contribution in [0, 0.1) is 0 Å². The Morgan fingerprint density at radius 1 is 1.38 bits per heavy atom. The lowest BCUT2D eigenvalue weighted by molar-refractivity contribution is -0.143. The lowest BCUT2D eigenvalue weighted by Crippen LogP contribution is -2.48. The molecular weight excluding hydrogens is 274 g/mol. The highest BCUT2D eigenvalue weighted by Gasteiger charge is 2.33. The third kappa shape index (κ3) is 3.29. The quantitative estimate of drug-likeness (QED) is 0.883. The molecule has 7 nitrogen and oxygen atoms in total. The number of carbonyl (C=O) groups excluding carboxylic acids is 1. The monoisotopic (exact) mass is 293 g/mol. The topological polar surface area (TPSA) is 92.5 Å². The summed E-state index contributed by atoms with van der Waals surface area (Å²) in [6.45, 7) is 2.75. The molecule has 1 saturated heterocycles. The van der Waals surface area contributed by atoms with Gasteiger partial charge in [-0.25, -0.2) is 9.48 Å². The molecule has 1 aromatic rings. The van der Waals surface area contributed by atoms with Crippen molar-refractivity contribution in [3.05, 3.63) is 28.2 Å². The number of nitrogens with zero attached hydrogens (tertiary/aromatic N) is 3. The van der Waals surface area contributed by atoms with Crippen LogP contribution < -0.4 is 5.56 Å². The van der Waals surface area contributed by atoms with Gasteiger partial charge in [0.15, 0.2) is 0 Å². The predicted octanol–water partition coefficient (Wildman–Crippen LogP) is 0.733. The molecule has 1 amide bonds. The molecule has 0 unspecified atom stereocenters. The fourth-order valence-electron chi connectivity index (χ4n) is 2.51. The second-order valence-electron chi connectivity index (χ2n) is 5.13. The summed E-state index contributed by atoms with van der Waals surface area (Å²) in [7, 11) is 0. The van der Waals surface area contributed by atoms with Crippen molar-refractivity contribution in [2.75, 3.05) is 6.54 Å². The summed E-state index contributed by atoms with van der Waals surface area (Å²) >= 11 is 0. The number of aliphatic carboxylic acids is 1. The summed E-state index contributed by atoms with van der Waals surface area (Å²) in [5.74, 6) is -1.42. The van der Waals surface area contributed by atoms with Crippen molar-refractivity contribution >= 4 is 11.9 Å². The SMILES string of the molecule is CCCn1nc(C(=O)N2CCCC[C@H]2C(=O)O)ccc1=O. The standard InChI is InChI=1S/C14H19N3O4/c1-2-8-17-12(18)7-6-10(15-17)13(19)16-9-4-3-5-11(16)14(20)21/h6-7,11H,2-5,8-9H2,1H3,(H,20,21)/t11-/m0/s1. The van der Waals surface area contributed by atoms with Crippen LogP contribution in [0.1, 0.15) is 43.1 Å². The number of hydrogen-bond donors (Lipinski definition) is 1. The van der Waals surface area contributed by atoms with E-state index in [9.17, 15) is 19.5 Å². The van der Waals surface area contributed by atoms with Crippen LogP contribution in [-0.4, -0.2) is 44.3 Å². The van der Waals surface area contributed by atoms with Gasteiger partial charge in [-0.2, -0.15) is 5.10 Å². The molecule has 1 aliphatic heterocycles. The van der Waals surface area contributed by atoms with Crippen molar-refractivity contribution < 1.29 is 14.7 Å². The summed E-state index contributed by atoms with van der Waals surface area (Å²) < 4.78 is 1.24. The summed E-state index contributed by atoms with van der Waals surface area (Å²) in [5, 5.41) is 13.3. The summed E-state index contributed by atoms with van der Waals surface area (Å²) in [4.78, 5) is 36.7. The Hall–Kier alpha value is -2.18. The number of aromatic nitrogens is 2. The molecule has 0 aliphatic carbocycles. The highest BCUT2D eigenvalue weighted by molar-refractivity contribution is 5.95. The van der Waals surface area contributed by atoms with Gasteiger partial charge in [-0.1, -0.05) is 6.92 Å². The molecule has 0 saturated carbocycles. The van der Waals surface area contributed by atoms with Gasteiger partial charge in [-0.05, 0) is 31.7 Å². The molecule has 1 aromatic heterocycles. The zero-order valence-electron chi connectivity index (χ0n) is 12.0. The van der Waals surface area contributed by atoms with E-state index < -0.39 is 17.9 Å². The molecule has 21 heavy (non-hydrogen) atoms. The van der Waals surface area contributed by atoms with Crippen molar-refractivity contribution in [2.45, 2.75) is 45.2 Å². The van der Waals surface area contributed by atoms with Crippen LogP contribution in [0.4, 0.5) is 0 Å². The van der Waals surface area contributed by atoms with Crippen LogP contribution in [0.5, 0.6) is 0 Å². The molecule has 1 fully saturated rings. The van der Waals surface area contributed by atoms with Crippen LogP contribution in [0.15, 0.2) is 16.9 Å². The van der Waals surface area contributed by atoms with E-state index in [4.69, 9.17) is 0 Å². The Balaban J connectivity index is 2.28. The first-order valence-electron chi connectivity index (χ1n) is 7.16. The molecule has 114 valence electrons. The highest BCUT2D eigenvalue weighted by Crippen LogP contribution is 2.19. The molecule has 2 heterocycles. The predicted molar refractivity (Wildman–Crippen MR) is 75.1 cm³/mol. The van der Waals surface area contributed by atoms with E-state index in [1.54, 1.807) is 0 Å². The Labute approximate surface area is 122 Å². The second kappa shape index (κ2) is 6.51. The number of likely N-dealkylation sites (tertiary alicyclic amines) is 1. The maximum Gasteiger partial charge on any atom is 0.326 e. The van der Waals surface area contributed by atoms with Crippen molar-refractivity contribution in [3.8, 4) is 0 Å². The number of carboxylic acid groups (broad SMARTS) is 1. The largest absolute Gasteiger partial charge is 0.480 e. The molecule has 2 rings (SSSR count). The first-order chi connectivity index (χ1) is 10.0. The molecule has 0 bridgehead atoms. The zero-order chi connectivity index (χ0) is 15.4. The molecule has 7 heteroatoms. The lowest BCUT2D eigenvalue weighted by Gasteiger charge is -2.32. The zero-order valence-corrected chi connectivity index (χ0v) is 12.0. The minimum absolute atomic E-state index is 0.121. The number of aryl methyl sites for hydroxylation is 1. The van der Waals surface area contributed by atoms with Crippen molar-refractivity contribution in [1.29, 1.82) is 0 Å². The van der Waals surface area contributed by atoms with Crippen LogP contribution in [0.2, 0.25) is 0 Å². The van der Waals surface area contributed by atoms with E-state index in [1.807, 2.05) is 6.92 Å². The number of amides is 1. The number of rotatable bonds is 4. The maximum absolute atomic E-state index is 12.5. The minimum atomic E-state index is -0.995. The third-order valence-electron chi connectivity index (χ3n) is 3.57. The Morgan fingerprint density at radius 2 is 2.14 bits per heavy atom. The van der Waals surface area contributed by atoms with Crippen molar-refractivity contribution in [1.82, 2.24) is 14.7 Å². The second-order valence-corrected chi connectivity index (χ2v) is 5.13. The van der Waals surface area contributed by atoms with Gasteiger partial charge in [0.05, 0.1) is 0 Å². The average Bonchev–Trinajstić information content (AvgIpc) is 2.49. The number of carboxylic acids is 1. The van der Waals surface area contributed by atoms with Gasteiger partial charge in [0.25, 0.3) is 11.5 Å². The van der Waals surface area contributed by atoms with Gasteiger partial charge >= 0.3 is 5.97 Å². The number of piperidine rings is 1. The van der Waals surface area contributed by atoms with Gasteiger partial charge in [-0.3, -0.25) is 9.59 Å². The number of hydrogen-bond acceptors (Lipinski definition) is 4. The van der Waals surface area contributed by atoms with E-state index in [1.165, 1.54) is 21.7 Å². The Kier molecular flexibility index (Phi) is 4.72. The molecule has 0 aromatic carbocycles. The van der Waals surface area contributed by atoms with Crippen LogP contribution >= 0.6 is 0 Å². The fourth-order valence-corrected chi connectivity index (χ4v) is 2.51. The minimum Gasteiger partial charge on any atom is -0.480 e. The first-order valence-corrected chi connectivity index (χ1v) is 7.16. The van der Waals surface area contributed by atoms with Crippen LogP contribution in [-0.2, 0) is 11.3 Å². The number of carbonyl (C=O) groups is 2. The smallest absolute Gasteiger partial charge is 0.326 e. The van der Waals surface area contributed by atoms with E-state index in [-0.39, 0.29) is 11.3 Å². The van der Waals surface area contributed by atoms with E-state index in [2.05, 4.69) is 5.10 Å². The summed E-state index contributed by atoms with van der Waals surface area (Å²) in [6, 6.07) is 1.86. The molecule has 0 radical (unpaired) electrons. The third-order valence-corrected chi connectivity index (χ3v) is 3.57. The van der Waals surface area contributed by atoms with E-state index in [0.717, 1.165) is 19.3 Å². The molecule has 1 N–H and O–H groups in total. The molecule has 0 spiro atoms. The Bertz CT molecular complexity index is 596. The summed E-state index contributed by atoms with van der Waals surface area (Å²) in [5.41, 5.74) is -0.141. The van der Waals surface area contributed by atoms with Crippen molar-refractivity contribution in [2.24, 2.45) is 0 Å². The molecular formula is C14H19N3O4. The van der Waals surface area contributed by atoms with Crippen LogP contribution in [0.3, 0.4) is 0 Å². The first kappa shape index (κ1) is 15.2. The van der Waals surface area contributed by atoms with Gasteiger partial charge in [-0.15, -0.1) is 0 Å². The average molecular weight is 293 g/mol. The van der Waals surface area contributed by atoms with Gasteiger partial charge in [0.1, 0.15) is 11.7 Å².